The van der Waals surface area contributed by atoms with Gasteiger partial charge < -0.3 is 16.0 Å². The molecule has 1 saturated heterocycles. The first kappa shape index (κ1) is 12.6. The van der Waals surface area contributed by atoms with E-state index in [2.05, 4.69) is 10.2 Å². The summed E-state index contributed by atoms with van der Waals surface area (Å²) in [6.45, 7) is 5.22. The van der Waals surface area contributed by atoms with E-state index in [9.17, 15) is 4.79 Å². The number of carbonyl (C=O) groups excluding carboxylic acids is 1. The van der Waals surface area contributed by atoms with Gasteiger partial charge in [-0.05, 0) is 12.8 Å². The van der Waals surface area contributed by atoms with Crippen LogP contribution in [0.15, 0.2) is 0 Å². The molecule has 0 aromatic rings. The minimum atomic E-state index is 0.129. The van der Waals surface area contributed by atoms with Crippen molar-refractivity contribution in [2.24, 2.45) is 5.73 Å². The summed E-state index contributed by atoms with van der Waals surface area (Å²) in [7, 11) is 0. The summed E-state index contributed by atoms with van der Waals surface area (Å²) in [6, 6.07) is 0.550. The van der Waals surface area contributed by atoms with E-state index in [0.29, 0.717) is 12.6 Å². The molecule has 98 valence electrons. The molecule has 0 spiro atoms. The lowest BCUT2D eigenvalue weighted by Gasteiger charge is -2.35. The van der Waals surface area contributed by atoms with Crippen molar-refractivity contribution < 1.29 is 4.79 Å². The maximum atomic E-state index is 12.0. The lowest BCUT2D eigenvalue weighted by molar-refractivity contribution is 0.139. The zero-order valence-corrected chi connectivity index (χ0v) is 10.5. The third kappa shape index (κ3) is 3.57. The Labute approximate surface area is 103 Å². The SMILES string of the molecule is NCCN1CCN(C(=O)NC2CCCC2)CC1. The second-order valence-corrected chi connectivity index (χ2v) is 5.05. The van der Waals surface area contributed by atoms with Crippen LogP contribution in [0.25, 0.3) is 0 Å². The van der Waals surface area contributed by atoms with Crippen molar-refractivity contribution in [3.63, 3.8) is 0 Å². The molecule has 5 nitrogen and oxygen atoms in total. The molecule has 0 unspecified atom stereocenters. The van der Waals surface area contributed by atoms with Crippen LogP contribution in [-0.4, -0.2) is 61.1 Å². The zero-order chi connectivity index (χ0) is 12.1. The largest absolute Gasteiger partial charge is 0.335 e. The Morgan fingerprint density at radius 1 is 1.18 bits per heavy atom. The molecule has 0 atom stereocenters. The van der Waals surface area contributed by atoms with Gasteiger partial charge in [0.05, 0.1) is 0 Å². The molecule has 1 heterocycles. The number of urea groups is 1. The van der Waals surface area contributed by atoms with Crippen LogP contribution in [0.1, 0.15) is 25.7 Å². The summed E-state index contributed by atoms with van der Waals surface area (Å²) in [6.07, 6.45) is 4.82. The topological polar surface area (TPSA) is 61.6 Å². The number of nitrogens with two attached hydrogens (primary N) is 1. The van der Waals surface area contributed by atoms with E-state index in [0.717, 1.165) is 45.6 Å². The van der Waals surface area contributed by atoms with Crippen molar-refractivity contribution in [1.29, 1.82) is 0 Å². The summed E-state index contributed by atoms with van der Waals surface area (Å²) in [4.78, 5) is 16.2. The quantitative estimate of drug-likeness (QED) is 0.741. The molecule has 0 radical (unpaired) electrons. The normalized spacial score (nSPS) is 23.0. The fourth-order valence-corrected chi connectivity index (χ4v) is 2.69. The number of hydrogen-bond acceptors (Lipinski definition) is 3. The molecule has 2 aliphatic rings. The summed E-state index contributed by atoms with van der Waals surface area (Å²) >= 11 is 0. The van der Waals surface area contributed by atoms with Gasteiger partial charge in [-0.1, -0.05) is 12.8 Å². The van der Waals surface area contributed by atoms with E-state index >= 15 is 0 Å². The minimum absolute atomic E-state index is 0.129. The zero-order valence-electron chi connectivity index (χ0n) is 10.5. The highest BCUT2D eigenvalue weighted by Crippen LogP contribution is 2.18. The molecule has 5 heteroatoms. The van der Waals surface area contributed by atoms with Gasteiger partial charge in [0.25, 0.3) is 0 Å². The molecule has 3 N–H and O–H groups in total. The average Bonchev–Trinajstić information content (AvgIpc) is 2.83. The maximum Gasteiger partial charge on any atom is 0.317 e. The molecular formula is C12H24N4O. The summed E-state index contributed by atoms with van der Waals surface area (Å²) < 4.78 is 0. The molecule has 2 fully saturated rings. The molecule has 1 saturated carbocycles. The molecule has 0 aromatic carbocycles. The van der Waals surface area contributed by atoms with Gasteiger partial charge in [0.2, 0.25) is 0 Å². The third-order valence-corrected chi connectivity index (χ3v) is 3.79. The van der Waals surface area contributed by atoms with Crippen molar-refractivity contribution in [3.05, 3.63) is 0 Å². The van der Waals surface area contributed by atoms with E-state index in [4.69, 9.17) is 5.73 Å². The van der Waals surface area contributed by atoms with Crippen LogP contribution in [0.3, 0.4) is 0 Å². The monoisotopic (exact) mass is 240 g/mol. The second-order valence-electron chi connectivity index (χ2n) is 5.05. The highest BCUT2D eigenvalue weighted by molar-refractivity contribution is 5.74. The first-order valence-corrected chi connectivity index (χ1v) is 6.77. The van der Waals surface area contributed by atoms with E-state index < -0.39 is 0 Å². The van der Waals surface area contributed by atoms with Crippen LogP contribution in [-0.2, 0) is 0 Å². The van der Waals surface area contributed by atoms with Crippen LogP contribution < -0.4 is 11.1 Å². The minimum Gasteiger partial charge on any atom is -0.335 e. The van der Waals surface area contributed by atoms with Crippen molar-refractivity contribution in [1.82, 2.24) is 15.1 Å². The lowest BCUT2D eigenvalue weighted by atomic mass is 10.2. The molecule has 2 amide bonds. The van der Waals surface area contributed by atoms with Crippen LogP contribution in [0.5, 0.6) is 0 Å². The smallest absolute Gasteiger partial charge is 0.317 e. The molecule has 1 aliphatic carbocycles. The van der Waals surface area contributed by atoms with Crippen molar-refractivity contribution >= 4 is 6.03 Å². The molecule has 2 rings (SSSR count). The van der Waals surface area contributed by atoms with Crippen LogP contribution >= 0.6 is 0 Å². The number of rotatable bonds is 3. The Balaban J connectivity index is 1.70. The Hall–Kier alpha value is -0.810. The summed E-state index contributed by atoms with van der Waals surface area (Å²) in [5.74, 6) is 0. The molecular weight excluding hydrogens is 216 g/mol. The predicted molar refractivity (Wildman–Crippen MR) is 67.9 cm³/mol. The van der Waals surface area contributed by atoms with Gasteiger partial charge in [0, 0.05) is 45.3 Å². The molecule has 0 bridgehead atoms. The van der Waals surface area contributed by atoms with Gasteiger partial charge in [0.15, 0.2) is 0 Å². The van der Waals surface area contributed by atoms with Gasteiger partial charge in [-0.25, -0.2) is 4.79 Å². The molecule has 17 heavy (non-hydrogen) atoms. The van der Waals surface area contributed by atoms with Crippen molar-refractivity contribution in [2.45, 2.75) is 31.7 Å². The fraction of sp³-hybridized carbons (Fsp3) is 0.917. The second kappa shape index (κ2) is 6.21. The van der Waals surface area contributed by atoms with E-state index in [-0.39, 0.29) is 6.03 Å². The highest BCUT2D eigenvalue weighted by Gasteiger charge is 2.23. The molecule has 0 aromatic heterocycles. The van der Waals surface area contributed by atoms with E-state index in [1.165, 1.54) is 12.8 Å². The number of hydrogen-bond donors (Lipinski definition) is 2. The predicted octanol–water partition coefficient (Wildman–Crippen LogP) is 0.215. The van der Waals surface area contributed by atoms with Gasteiger partial charge >= 0.3 is 6.03 Å². The highest BCUT2D eigenvalue weighted by atomic mass is 16.2. The van der Waals surface area contributed by atoms with E-state index in [1.54, 1.807) is 0 Å². The fourth-order valence-electron chi connectivity index (χ4n) is 2.69. The van der Waals surface area contributed by atoms with Gasteiger partial charge in [-0.2, -0.15) is 0 Å². The Morgan fingerprint density at radius 2 is 1.82 bits per heavy atom. The number of nitrogens with one attached hydrogen (secondary N) is 1. The Kier molecular flexibility index (Phi) is 4.62. The van der Waals surface area contributed by atoms with Gasteiger partial charge in [-0.3, -0.25) is 4.90 Å². The average molecular weight is 240 g/mol. The maximum absolute atomic E-state index is 12.0. The number of piperazine rings is 1. The van der Waals surface area contributed by atoms with Crippen LogP contribution in [0.4, 0.5) is 4.79 Å². The lowest BCUT2D eigenvalue weighted by Crippen LogP contribution is -2.53. The van der Waals surface area contributed by atoms with Gasteiger partial charge in [-0.15, -0.1) is 0 Å². The summed E-state index contributed by atoms with van der Waals surface area (Å²) in [5.41, 5.74) is 5.53. The number of carbonyl (C=O) groups is 1. The summed E-state index contributed by atoms with van der Waals surface area (Å²) in [5, 5.41) is 3.14. The van der Waals surface area contributed by atoms with Crippen molar-refractivity contribution in [2.75, 3.05) is 39.3 Å². The Bertz CT molecular complexity index is 245. The third-order valence-electron chi connectivity index (χ3n) is 3.79. The van der Waals surface area contributed by atoms with Crippen LogP contribution in [0, 0.1) is 0 Å². The Morgan fingerprint density at radius 3 is 2.41 bits per heavy atom. The van der Waals surface area contributed by atoms with Gasteiger partial charge in [0.1, 0.15) is 0 Å². The first-order chi connectivity index (χ1) is 8.29. The van der Waals surface area contributed by atoms with E-state index in [1.807, 2.05) is 4.90 Å². The molecule has 1 aliphatic heterocycles. The number of nitrogens with zero attached hydrogens (tertiary/aromatic N) is 2. The van der Waals surface area contributed by atoms with Crippen molar-refractivity contribution in [3.8, 4) is 0 Å². The van der Waals surface area contributed by atoms with Crippen LogP contribution in [0.2, 0.25) is 0 Å². The first-order valence-electron chi connectivity index (χ1n) is 6.77. The number of amides is 2. The standard InChI is InChI=1S/C12H24N4O/c13-5-6-15-7-9-16(10-8-15)12(17)14-11-3-1-2-4-11/h11H,1-10,13H2,(H,14,17).